The molecule has 5 aliphatic rings. The summed E-state index contributed by atoms with van der Waals surface area (Å²) in [4.78, 5) is 65.7. The molecule has 6 heterocycles. The summed E-state index contributed by atoms with van der Waals surface area (Å²) < 4.78 is 0. The molecule has 1 spiro atoms. The molecule has 3 saturated heterocycles. The van der Waals surface area contributed by atoms with E-state index in [1.54, 1.807) is 23.5 Å². The van der Waals surface area contributed by atoms with E-state index in [1.165, 1.54) is 10.5 Å². The van der Waals surface area contributed by atoms with Crippen LogP contribution in [0.3, 0.4) is 0 Å². The first-order valence-electron chi connectivity index (χ1n) is 26.0. The number of hydrogen-bond acceptors (Lipinski definition) is 15. The summed E-state index contributed by atoms with van der Waals surface area (Å²) in [7, 11) is 0. The number of aliphatic hydroxyl groups is 1. The highest BCUT2D eigenvalue weighted by Crippen LogP contribution is 2.60. The Morgan fingerprint density at radius 3 is 2.23 bits per heavy atom. The lowest BCUT2D eigenvalue weighted by Crippen LogP contribution is -2.62. The highest BCUT2D eigenvalue weighted by Gasteiger charge is 2.57. The van der Waals surface area contributed by atoms with Gasteiger partial charge < -0.3 is 46.2 Å². The van der Waals surface area contributed by atoms with Crippen LogP contribution in [0.25, 0.3) is 21.7 Å². The highest BCUT2D eigenvalue weighted by molar-refractivity contribution is 7.13. The summed E-state index contributed by atoms with van der Waals surface area (Å²) in [6.07, 6.45) is 9.27. The van der Waals surface area contributed by atoms with E-state index in [-0.39, 0.29) is 66.4 Å². The molecule has 3 aliphatic heterocycles. The number of thiazole rings is 1. The predicted octanol–water partition coefficient (Wildman–Crippen LogP) is 6.30. The number of likely N-dealkylation sites (tertiary alicyclic amines) is 2. The Labute approximate surface area is 432 Å². The van der Waals surface area contributed by atoms with E-state index in [0.29, 0.717) is 42.1 Å². The van der Waals surface area contributed by atoms with Crippen LogP contribution in [0.15, 0.2) is 72.5 Å². The highest BCUT2D eigenvalue weighted by atomic mass is 32.1. The van der Waals surface area contributed by atoms with Crippen LogP contribution < -0.4 is 26.2 Å². The van der Waals surface area contributed by atoms with Crippen LogP contribution in [0.2, 0.25) is 0 Å². The molecule has 2 saturated carbocycles. The number of benzene rings is 2. The van der Waals surface area contributed by atoms with E-state index < -0.39 is 23.6 Å². The summed E-state index contributed by atoms with van der Waals surface area (Å²) in [5.41, 5.74) is 13.9. The molecule has 73 heavy (non-hydrogen) atoms. The molecule has 5 fully saturated rings. The second kappa shape index (κ2) is 20.2. The van der Waals surface area contributed by atoms with Gasteiger partial charge in [0, 0.05) is 74.6 Å². The number of nitrogens with one attached hydrogen (secondary N) is 2. The summed E-state index contributed by atoms with van der Waals surface area (Å²) >= 11 is 1.59. The summed E-state index contributed by atoms with van der Waals surface area (Å²) in [6, 6.07) is 16.0. The number of carbonyl (C=O) groups is 3. The van der Waals surface area contributed by atoms with Crippen molar-refractivity contribution in [3.8, 4) is 27.4 Å². The number of piperazine rings is 1. The monoisotopic (exact) mass is 1010 g/mol. The van der Waals surface area contributed by atoms with Gasteiger partial charge in [0.2, 0.25) is 23.7 Å². The SMILES string of the molecule is Cc1ncsc1-c1ccc(CNC(=O)[C@@H]2C[C@@H](O)CN2C(=O)[C@@H](NC(=O)C2CC3(C2)CC(N2CCC(c4cnc(N5C(C)CN(c6cc(-c7ccccc7O)nnc6N)CC5C)nc4)CC2)C3)C(C)(C)C)cc1. The summed E-state index contributed by atoms with van der Waals surface area (Å²) in [5, 5.41) is 35.8. The molecular weight excluding hydrogens is 941 g/mol. The number of hydrogen-bond donors (Lipinski definition) is 5. The number of nitrogens with two attached hydrogens (primary N) is 1. The van der Waals surface area contributed by atoms with Gasteiger partial charge >= 0.3 is 0 Å². The minimum Gasteiger partial charge on any atom is -0.507 e. The van der Waals surface area contributed by atoms with Crippen LogP contribution in [-0.2, 0) is 20.9 Å². The number of aliphatic hydroxyl groups excluding tert-OH is 1. The van der Waals surface area contributed by atoms with Gasteiger partial charge in [0.25, 0.3) is 0 Å². The second-order valence-electron chi connectivity index (χ2n) is 22.7. The minimum absolute atomic E-state index is 0.0417. The Kier molecular flexibility index (Phi) is 13.9. The Hall–Kier alpha value is -6.24. The molecule has 5 aromatic rings. The molecule has 0 bridgehead atoms. The normalized spacial score (nSPS) is 26.0. The number of nitrogen functional groups attached to an aromatic ring is 1. The number of nitrogens with zero attached hydrogens (tertiary/aromatic N) is 9. The van der Waals surface area contributed by atoms with Crippen molar-refractivity contribution in [2.75, 3.05) is 48.3 Å². The number of rotatable bonds is 12. The maximum Gasteiger partial charge on any atom is 0.246 e. The first kappa shape index (κ1) is 50.3. The van der Waals surface area contributed by atoms with E-state index in [9.17, 15) is 24.6 Å². The van der Waals surface area contributed by atoms with Crippen molar-refractivity contribution in [1.82, 2.24) is 45.6 Å². The lowest BCUT2D eigenvalue weighted by Gasteiger charge is -2.60. The zero-order chi connectivity index (χ0) is 51.3. The van der Waals surface area contributed by atoms with Crippen LogP contribution in [0.1, 0.15) is 102 Å². The van der Waals surface area contributed by atoms with Crippen LogP contribution in [-0.4, -0.2) is 132 Å². The van der Waals surface area contributed by atoms with Crippen molar-refractivity contribution in [3.63, 3.8) is 0 Å². The number of aromatic nitrogens is 5. The zero-order valence-corrected chi connectivity index (χ0v) is 43.7. The number of carbonyl (C=O) groups excluding carboxylic acids is 3. The number of para-hydroxylation sites is 1. The second-order valence-corrected chi connectivity index (χ2v) is 23.6. The molecule has 3 amide bonds. The minimum atomic E-state index is -0.844. The van der Waals surface area contributed by atoms with E-state index in [2.05, 4.69) is 54.4 Å². The van der Waals surface area contributed by atoms with Crippen molar-refractivity contribution in [3.05, 3.63) is 89.3 Å². The molecule has 2 aliphatic carbocycles. The third-order valence-corrected chi connectivity index (χ3v) is 17.4. The number of aryl methyl sites for hydroxylation is 1. The average molecular weight is 1010 g/mol. The molecule has 386 valence electrons. The van der Waals surface area contributed by atoms with Crippen LogP contribution in [0.5, 0.6) is 5.75 Å². The van der Waals surface area contributed by atoms with E-state index >= 15 is 0 Å². The number of anilines is 3. The lowest BCUT2D eigenvalue weighted by atomic mass is 9.49. The van der Waals surface area contributed by atoms with E-state index in [0.717, 1.165) is 84.9 Å². The van der Waals surface area contributed by atoms with Crippen molar-refractivity contribution in [1.29, 1.82) is 0 Å². The fourth-order valence-electron chi connectivity index (χ4n) is 12.4. The largest absolute Gasteiger partial charge is 0.507 e. The van der Waals surface area contributed by atoms with Gasteiger partial charge in [0.15, 0.2) is 5.82 Å². The molecule has 6 N–H and O–H groups in total. The third kappa shape index (κ3) is 10.3. The maximum absolute atomic E-state index is 14.3. The number of amides is 3. The molecule has 2 aromatic carbocycles. The molecule has 3 aromatic heterocycles. The summed E-state index contributed by atoms with van der Waals surface area (Å²) in [5.74, 6) is 0.710. The Morgan fingerprint density at radius 1 is 0.904 bits per heavy atom. The number of phenols is 1. The number of aromatic hydroxyl groups is 1. The van der Waals surface area contributed by atoms with Gasteiger partial charge in [-0.1, -0.05) is 57.2 Å². The molecule has 10 rings (SSSR count). The molecule has 2 unspecified atom stereocenters. The van der Waals surface area contributed by atoms with E-state index in [1.807, 2.05) is 88.1 Å². The van der Waals surface area contributed by atoms with Gasteiger partial charge in [-0.05, 0) is 124 Å². The van der Waals surface area contributed by atoms with Gasteiger partial charge in [-0.25, -0.2) is 15.0 Å². The Balaban J connectivity index is 0.672. The van der Waals surface area contributed by atoms with E-state index in [4.69, 9.17) is 15.7 Å². The Morgan fingerprint density at radius 2 is 1.59 bits per heavy atom. The zero-order valence-electron chi connectivity index (χ0n) is 42.9. The molecular formula is C55H70N12O5S. The third-order valence-electron chi connectivity index (χ3n) is 16.4. The van der Waals surface area contributed by atoms with Gasteiger partial charge in [-0.3, -0.25) is 14.4 Å². The molecule has 0 radical (unpaired) electrons. The maximum atomic E-state index is 14.3. The van der Waals surface area contributed by atoms with Crippen molar-refractivity contribution >= 4 is 46.5 Å². The smallest absolute Gasteiger partial charge is 0.246 e. The molecule has 5 atom stereocenters. The van der Waals surface area contributed by atoms with Gasteiger partial charge in [-0.15, -0.1) is 21.5 Å². The summed E-state index contributed by atoms with van der Waals surface area (Å²) in [6.45, 7) is 15.9. The van der Waals surface area contributed by atoms with Crippen molar-refractivity contribution < 1.29 is 24.6 Å². The standard InChI is InChI=1S/C55H70N12O5S/c1-32-28-65(44-20-43(62-63-49(44)56)42-9-7-8-10-46(42)69)29-33(2)67(32)53-58-26-39(27-59-53)36-15-17-64(18-16-36)40-23-55(24-40)21-38(22-55)50(70)61-48(54(4,5)6)52(72)66-30-41(68)19-45(66)51(71)57-25-35-11-13-37(14-12-35)47-34(3)60-31-73-47/h7-14,20,26-27,31-33,36,38,40-41,45,48,68-69H,15-19,21-25,28-30H2,1-6H3,(H2,56,63)(H,57,71)(H,61,70)/t32?,33?,38?,40?,41-,45+,48-,55?/m1/s1. The topological polar surface area (TPSA) is 219 Å². The first-order chi connectivity index (χ1) is 34.9. The Bertz CT molecular complexity index is 2790. The van der Waals surface area contributed by atoms with Crippen LogP contribution in [0, 0.1) is 23.7 Å². The van der Waals surface area contributed by atoms with Gasteiger partial charge in [-0.2, -0.15) is 0 Å². The lowest BCUT2D eigenvalue weighted by molar-refractivity contribution is -0.150. The molecule has 17 nitrogen and oxygen atoms in total. The van der Waals surface area contributed by atoms with Gasteiger partial charge in [0.05, 0.1) is 33.6 Å². The van der Waals surface area contributed by atoms with Crippen molar-refractivity contribution in [2.45, 2.75) is 135 Å². The number of phenolic OH excluding ortho intramolecular Hbond substituents is 1. The number of piperidine rings is 1. The van der Waals surface area contributed by atoms with Crippen LogP contribution >= 0.6 is 11.3 Å². The van der Waals surface area contributed by atoms with Crippen molar-refractivity contribution in [2.24, 2.45) is 16.7 Å². The fourth-order valence-corrected chi connectivity index (χ4v) is 13.2. The first-order valence-corrected chi connectivity index (χ1v) is 26.9. The van der Waals surface area contributed by atoms with Crippen LogP contribution in [0.4, 0.5) is 17.5 Å². The number of β-amino-alcohol motifs (C(OH)–C–C–N with tert-alkyl or cyclic N) is 1. The average Bonchev–Trinajstić information content (AvgIpc) is 3.96. The molecule has 18 heteroatoms. The predicted molar refractivity (Wildman–Crippen MR) is 283 cm³/mol. The van der Waals surface area contributed by atoms with Gasteiger partial charge in [0.1, 0.15) is 17.8 Å². The fraction of sp³-hybridized carbons (Fsp3) is 0.527. The quantitative estimate of drug-likeness (QED) is 0.0927.